The Labute approximate surface area is 162 Å². The number of hydrogen-bond donors (Lipinski definition) is 1. The summed E-state index contributed by atoms with van der Waals surface area (Å²) < 4.78 is 27.0. The number of carbonyl (C=O) groups excluding carboxylic acids is 1. The van der Waals surface area contributed by atoms with Crippen molar-refractivity contribution >= 4 is 27.2 Å². The van der Waals surface area contributed by atoms with Crippen molar-refractivity contribution in [3.63, 3.8) is 0 Å². The normalized spacial score (nSPS) is 17.3. The lowest BCUT2D eigenvalue weighted by atomic mass is 9.98. The number of nitrogens with one attached hydrogen (secondary N) is 1. The van der Waals surface area contributed by atoms with Gasteiger partial charge in [-0.25, -0.2) is 8.42 Å². The van der Waals surface area contributed by atoms with Crippen LogP contribution in [0.2, 0.25) is 5.02 Å². The number of rotatable bonds is 6. The molecule has 0 radical (unpaired) electrons. The molecule has 1 heterocycles. The highest BCUT2D eigenvalue weighted by Crippen LogP contribution is 2.41. The molecule has 2 aliphatic carbocycles. The number of aromatic nitrogens is 2. The summed E-state index contributed by atoms with van der Waals surface area (Å²) in [5, 5.41) is 3.09. The summed E-state index contributed by atoms with van der Waals surface area (Å²) in [6, 6.07) is 2.95. The van der Waals surface area contributed by atoms with Crippen LogP contribution in [0.5, 0.6) is 0 Å². The average Bonchev–Trinajstić information content (AvgIpc) is 3.48. The maximum absolute atomic E-state index is 13.2. The Balaban J connectivity index is 1.83. The predicted molar refractivity (Wildman–Crippen MR) is 102 cm³/mol. The molecule has 2 aliphatic rings. The Hall–Kier alpha value is -1.86. The second-order valence-electron chi connectivity index (χ2n) is 7.64. The van der Waals surface area contributed by atoms with Gasteiger partial charge in [-0.05, 0) is 56.2 Å². The molecule has 6 nitrogen and oxygen atoms in total. The SMILES string of the molecule is Cc1c(C(=O)c2c(C3CC3)[nH]n(C)c2=O)ccc(Cl)c1S(=O)(=O)CC1CC1. The smallest absolute Gasteiger partial charge is 0.277 e. The molecule has 0 aliphatic heterocycles. The Kier molecular flexibility index (Phi) is 4.35. The van der Waals surface area contributed by atoms with Crippen molar-refractivity contribution in [2.45, 2.75) is 43.4 Å². The van der Waals surface area contributed by atoms with Crippen molar-refractivity contribution in [2.24, 2.45) is 13.0 Å². The number of H-pyrrole nitrogens is 1. The molecule has 27 heavy (non-hydrogen) atoms. The highest BCUT2D eigenvalue weighted by Gasteiger charge is 2.35. The summed E-state index contributed by atoms with van der Waals surface area (Å²) in [5.74, 6) is -0.0488. The van der Waals surface area contributed by atoms with Crippen LogP contribution in [0.4, 0.5) is 0 Å². The number of benzene rings is 1. The summed E-state index contributed by atoms with van der Waals surface area (Å²) in [5.41, 5.74) is 0.893. The van der Waals surface area contributed by atoms with Crippen LogP contribution >= 0.6 is 11.6 Å². The topological polar surface area (TPSA) is 89.0 Å². The minimum atomic E-state index is -3.59. The lowest BCUT2D eigenvalue weighted by Crippen LogP contribution is -2.21. The molecule has 2 aromatic rings. The summed E-state index contributed by atoms with van der Waals surface area (Å²) in [7, 11) is -2.02. The second kappa shape index (κ2) is 6.34. The molecular formula is C19H21ClN2O4S. The van der Waals surface area contributed by atoms with Crippen LogP contribution in [0.3, 0.4) is 0 Å². The Bertz CT molecular complexity index is 1110. The number of aryl methyl sites for hydroxylation is 1. The van der Waals surface area contributed by atoms with Crippen LogP contribution in [0, 0.1) is 12.8 Å². The Morgan fingerprint density at radius 3 is 2.52 bits per heavy atom. The van der Waals surface area contributed by atoms with Crippen molar-refractivity contribution in [1.29, 1.82) is 0 Å². The van der Waals surface area contributed by atoms with Gasteiger partial charge in [-0.15, -0.1) is 0 Å². The molecule has 144 valence electrons. The third-order valence-corrected chi connectivity index (χ3v) is 7.84. The molecule has 2 fully saturated rings. The zero-order chi connectivity index (χ0) is 19.5. The standard InChI is InChI=1S/C19H21ClN2O4S/c1-10-13(7-8-14(20)18(10)27(25,26)9-11-3-4-11)17(23)15-16(12-5-6-12)21-22(2)19(15)24/h7-8,11-12,21H,3-6,9H2,1-2H3. The zero-order valence-corrected chi connectivity index (χ0v) is 16.8. The molecule has 1 aromatic heterocycles. The largest absolute Gasteiger partial charge is 0.299 e. The molecule has 2 saturated carbocycles. The quantitative estimate of drug-likeness (QED) is 0.744. The van der Waals surface area contributed by atoms with E-state index in [0.29, 0.717) is 11.3 Å². The molecule has 0 amide bonds. The van der Waals surface area contributed by atoms with Gasteiger partial charge in [0.05, 0.1) is 21.4 Å². The molecule has 8 heteroatoms. The zero-order valence-electron chi connectivity index (χ0n) is 15.2. The van der Waals surface area contributed by atoms with Gasteiger partial charge in [0.2, 0.25) is 5.78 Å². The van der Waals surface area contributed by atoms with E-state index in [9.17, 15) is 18.0 Å². The highest BCUT2D eigenvalue weighted by molar-refractivity contribution is 7.91. The number of carbonyl (C=O) groups is 1. The summed E-state index contributed by atoms with van der Waals surface area (Å²) in [6.07, 6.45) is 3.67. The van der Waals surface area contributed by atoms with Crippen LogP contribution in [0.15, 0.2) is 21.8 Å². The molecule has 1 aromatic carbocycles. The summed E-state index contributed by atoms with van der Waals surface area (Å²) in [4.78, 5) is 25.7. The first-order valence-electron chi connectivity index (χ1n) is 9.06. The van der Waals surface area contributed by atoms with Crippen LogP contribution in [-0.4, -0.2) is 29.7 Å². The van der Waals surface area contributed by atoms with E-state index >= 15 is 0 Å². The Morgan fingerprint density at radius 2 is 1.93 bits per heavy atom. The van der Waals surface area contributed by atoms with Crippen LogP contribution in [0.1, 0.15) is 58.8 Å². The van der Waals surface area contributed by atoms with E-state index in [-0.39, 0.29) is 38.6 Å². The van der Waals surface area contributed by atoms with Gasteiger partial charge in [-0.3, -0.25) is 19.4 Å². The van der Waals surface area contributed by atoms with E-state index in [4.69, 9.17) is 11.6 Å². The average molecular weight is 409 g/mol. The summed E-state index contributed by atoms with van der Waals surface area (Å²) in [6.45, 7) is 1.59. The number of sulfone groups is 1. The fourth-order valence-electron chi connectivity index (χ4n) is 3.56. The lowest BCUT2D eigenvalue weighted by molar-refractivity contribution is 0.103. The number of nitrogens with zero attached hydrogens (tertiary/aromatic N) is 1. The van der Waals surface area contributed by atoms with E-state index in [0.717, 1.165) is 25.7 Å². The first-order chi connectivity index (χ1) is 12.7. The van der Waals surface area contributed by atoms with E-state index in [2.05, 4.69) is 5.10 Å². The Morgan fingerprint density at radius 1 is 1.26 bits per heavy atom. The first kappa shape index (κ1) is 18.5. The fourth-order valence-corrected chi connectivity index (χ4v) is 6.18. The minimum absolute atomic E-state index is 0.0160. The van der Waals surface area contributed by atoms with Gasteiger partial charge in [0.25, 0.3) is 5.56 Å². The van der Waals surface area contributed by atoms with Crippen LogP contribution < -0.4 is 5.56 Å². The van der Waals surface area contributed by atoms with Gasteiger partial charge < -0.3 is 0 Å². The molecule has 0 unspecified atom stereocenters. The van der Waals surface area contributed by atoms with Crippen LogP contribution in [0.25, 0.3) is 0 Å². The molecular weight excluding hydrogens is 388 g/mol. The van der Waals surface area contributed by atoms with Gasteiger partial charge in [0, 0.05) is 18.5 Å². The number of hydrogen-bond acceptors (Lipinski definition) is 4. The van der Waals surface area contributed by atoms with E-state index in [1.807, 2.05) is 0 Å². The number of halogens is 1. The highest BCUT2D eigenvalue weighted by atomic mass is 35.5. The van der Waals surface area contributed by atoms with E-state index in [1.54, 1.807) is 14.0 Å². The molecule has 0 spiro atoms. The number of ketones is 1. The fraction of sp³-hybridized carbons (Fsp3) is 0.474. The van der Waals surface area contributed by atoms with Crippen molar-refractivity contribution in [3.8, 4) is 0 Å². The van der Waals surface area contributed by atoms with Gasteiger partial charge in [-0.2, -0.15) is 0 Å². The lowest BCUT2D eigenvalue weighted by Gasteiger charge is -2.13. The summed E-state index contributed by atoms with van der Waals surface area (Å²) >= 11 is 6.21. The van der Waals surface area contributed by atoms with Gasteiger partial charge in [0.15, 0.2) is 9.84 Å². The predicted octanol–water partition coefficient (Wildman–Crippen LogP) is 2.97. The van der Waals surface area contributed by atoms with Crippen LogP contribution in [-0.2, 0) is 16.9 Å². The van der Waals surface area contributed by atoms with Crippen molar-refractivity contribution in [1.82, 2.24) is 9.78 Å². The second-order valence-corrected chi connectivity index (χ2v) is 10.0. The van der Waals surface area contributed by atoms with E-state index < -0.39 is 21.2 Å². The molecule has 0 bridgehead atoms. The molecule has 4 rings (SSSR count). The van der Waals surface area contributed by atoms with Gasteiger partial charge in [0.1, 0.15) is 5.56 Å². The third kappa shape index (κ3) is 3.27. The van der Waals surface area contributed by atoms with Crippen molar-refractivity contribution in [2.75, 3.05) is 5.75 Å². The number of aromatic amines is 1. The minimum Gasteiger partial charge on any atom is -0.299 e. The molecule has 1 N–H and O–H groups in total. The molecule has 0 saturated heterocycles. The van der Waals surface area contributed by atoms with Crippen molar-refractivity contribution in [3.05, 3.63) is 49.9 Å². The van der Waals surface area contributed by atoms with Gasteiger partial charge >= 0.3 is 0 Å². The third-order valence-electron chi connectivity index (χ3n) is 5.35. The maximum atomic E-state index is 13.2. The van der Waals surface area contributed by atoms with Crippen molar-refractivity contribution < 1.29 is 13.2 Å². The monoisotopic (exact) mass is 408 g/mol. The maximum Gasteiger partial charge on any atom is 0.277 e. The van der Waals surface area contributed by atoms with E-state index in [1.165, 1.54) is 16.8 Å². The van der Waals surface area contributed by atoms with Gasteiger partial charge in [-0.1, -0.05) is 11.6 Å². The first-order valence-corrected chi connectivity index (χ1v) is 11.1. The molecule has 0 atom stereocenters.